The van der Waals surface area contributed by atoms with Gasteiger partial charge in [-0.3, -0.25) is 28.6 Å². The van der Waals surface area contributed by atoms with Crippen molar-refractivity contribution in [2.75, 3.05) is 85.1 Å². The molecule has 6 aliphatic rings. The van der Waals surface area contributed by atoms with E-state index in [1.807, 2.05) is 114 Å². The van der Waals surface area contributed by atoms with Crippen LogP contribution in [0, 0.1) is 17.8 Å². The van der Waals surface area contributed by atoms with Crippen LogP contribution in [-0.2, 0) is 69.5 Å². The van der Waals surface area contributed by atoms with Crippen molar-refractivity contribution in [3.63, 3.8) is 0 Å². The molecule has 3 amide bonds. The zero-order valence-electron chi connectivity index (χ0n) is 63.6. The van der Waals surface area contributed by atoms with Gasteiger partial charge in [0.1, 0.15) is 17.5 Å². The quantitative estimate of drug-likeness (QED) is 0.0621. The smallest absolute Gasteiger partial charge is 0.793 e. The summed E-state index contributed by atoms with van der Waals surface area (Å²) in [6.45, 7) is 42.1. The van der Waals surface area contributed by atoms with Crippen LogP contribution in [0.5, 0.6) is 0 Å². The van der Waals surface area contributed by atoms with Crippen molar-refractivity contribution in [1.29, 1.82) is 0 Å². The minimum atomic E-state index is -0.639. The molecule has 6 fully saturated rings. The van der Waals surface area contributed by atoms with Crippen molar-refractivity contribution >= 4 is 62.9 Å². The average Bonchev–Trinajstić information content (AvgIpc) is 1.34. The molecule has 9 rings (SSSR count). The van der Waals surface area contributed by atoms with Crippen LogP contribution in [-0.4, -0.2) is 246 Å². The van der Waals surface area contributed by atoms with Crippen LogP contribution in [0.2, 0.25) is 0 Å². The van der Waals surface area contributed by atoms with E-state index in [2.05, 4.69) is 61.6 Å². The maximum absolute atomic E-state index is 12.1. The minimum absolute atomic E-state index is 0. The number of carbonyl (C=O) groups is 7. The molecule has 0 spiro atoms. The summed E-state index contributed by atoms with van der Waals surface area (Å²) >= 11 is 0. The second-order valence-corrected chi connectivity index (χ2v) is 27.4. The number of aromatic nitrogens is 6. The third-order valence-corrected chi connectivity index (χ3v) is 13.9. The number of hydrogen-bond acceptors (Lipinski definition) is 22. The maximum Gasteiger partial charge on any atom is 1.00 e. The van der Waals surface area contributed by atoms with E-state index in [4.69, 9.17) is 34.6 Å². The second kappa shape index (κ2) is 56.8. The van der Waals surface area contributed by atoms with Crippen LogP contribution in [0.1, 0.15) is 201 Å². The van der Waals surface area contributed by atoms with E-state index in [0.717, 1.165) is 130 Å². The molecule has 100 heavy (non-hydrogen) atoms. The number of ether oxygens (including phenoxy) is 3. The van der Waals surface area contributed by atoms with Gasteiger partial charge in [-0.25, -0.2) is 33.7 Å². The number of rotatable bonds is 9. The molecule has 32 heteroatoms. The first-order chi connectivity index (χ1) is 45.4. The van der Waals surface area contributed by atoms with E-state index in [9.17, 15) is 33.6 Å². The number of likely N-dealkylation sites (tertiary alicyclic amines) is 5. The van der Waals surface area contributed by atoms with Gasteiger partial charge in [-0.2, -0.15) is 15.3 Å². The molecule has 567 valence electrons. The summed E-state index contributed by atoms with van der Waals surface area (Å²) in [5.41, 5.74) is -0.855. The number of aliphatic hydroxyl groups excluding tert-OH is 4. The normalized spacial score (nSPS) is 16.3. The largest absolute Gasteiger partial charge is 1.00 e. The van der Waals surface area contributed by atoms with Gasteiger partial charge in [0.25, 0.3) is 0 Å². The van der Waals surface area contributed by atoms with Gasteiger partial charge in [-0.15, -0.1) is 12.4 Å². The summed E-state index contributed by atoms with van der Waals surface area (Å²) in [4.78, 5) is 93.0. The standard InChI is InChI=1S/C17H28N4O2.C15H24N4O2.C11H19NO3.C7H10N2.C4H6O4.4C3H8O.C2H3BO2.ClH.Na.Ti/c1-17(2,3)23-16(22)20-9-5-14(6-10-20)11-19-12-15(13-19)21-8-4-7-18-21;1-2-21-15(20)18-8-4-13(5-9-18)10-17-11-14(12-17)19-7-3-6-16-19;1-11(2,3)15-10(14)12-6-4-9(8-13)5-7-12;1-3-7(4-1)9-6-2-5-8-9;1-3(5)7-8-4(2)6;4*1-3(2)4;1-2(4)5-3;;;/h4,7-8,14-15H,5-6,9-13H2,1-3H3;3,6-7,13-14H,2,4-5,8-12H2,1H3;8-9H,4-7H2,1-3H3;2,5-7H,1,3-4H2;1-2H3;4*3-4H,1-2H3;1H3;1H;;/q;;;;;;;;;-1;;+1;. The predicted octanol–water partition coefficient (Wildman–Crippen LogP) is 6.07. The monoisotopic (exact) mass is 1480 g/mol. The molecule has 0 aromatic carbocycles. The number of halogens is 1. The molecule has 0 unspecified atom stereocenters. The first-order valence-corrected chi connectivity index (χ1v) is 34.1. The number of carbonyl (C=O) groups excluding carboxylic acids is 7. The van der Waals surface area contributed by atoms with E-state index in [1.165, 1.54) is 26.2 Å². The molecule has 28 nitrogen and oxygen atoms in total. The van der Waals surface area contributed by atoms with Gasteiger partial charge in [-0.05, 0) is 192 Å². The Kier molecular flexibility index (Phi) is 57.7. The fraction of sp³-hybridized carbons (Fsp3) is 0.765. The molecular formula is C68H123BClN11NaO17Ti. The molecule has 3 aromatic heterocycles. The Balaban J connectivity index is -0.000000550. The Labute approximate surface area is 640 Å². The van der Waals surface area contributed by atoms with E-state index < -0.39 is 29.1 Å². The Morgan fingerprint density at radius 1 is 0.510 bits per heavy atom. The Morgan fingerprint density at radius 2 is 0.790 bits per heavy atom. The van der Waals surface area contributed by atoms with Crippen molar-refractivity contribution in [2.24, 2.45) is 17.8 Å². The number of amides is 3. The second-order valence-electron chi connectivity index (χ2n) is 27.4. The average molecular weight is 1480 g/mol. The van der Waals surface area contributed by atoms with Gasteiger partial charge in [0.2, 0.25) is 5.97 Å². The molecule has 3 aromatic rings. The zero-order chi connectivity index (χ0) is 73.8. The maximum atomic E-state index is 12.1. The minimum Gasteiger partial charge on any atom is -0.793 e. The fourth-order valence-corrected chi connectivity index (χ4v) is 9.39. The zero-order valence-corrected chi connectivity index (χ0v) is 68.0. The molecule has 0 bridgehead atoms. The molecule has 3 radical (unpaired) electrons. The van der Waals surface area contributed by atoms with Gasteiger partial charge >= 0.3 is 59.8 Å². The van der Waals surface area contributed by atoms with Crippen LogP contribution in [0.25, 0.3) is 0 Å². The number of aliphatic hydroxyl groups is 4. The first-order valence-electron chi connectivity index (χ1n) is 34.1. The van der Waals surface area contributed by atoms with Crippen LogP contribution in [0.4, 0.5) is 14.4 Å². The van der Waals surface area contributed by atoms with Crippen molar-refractivity contribution in [2.45, 2.75) is 236 Å². The van der Waals surface area contributed by atoms with E-state index in [-0.39, 0.29) is 112 Å². The van der Waals surface area contributed by atoms with Crippen molar-refractivity contribution in [3.8, 4) is 0 Å². The molecule has 5 aliphatic heterocycles. The number of hydrogen-bond donors (Lipinski definition) is 4. The number of nitrogens with zero attached hydrogens (tertiary/aromatic N) is 11. The Bertz CT molecular complexity index is 2480. The molecular weight excluding hydrogens is 1360 g/mol. The van der Waals surface area contributed by atoms with Gasteiger partial charge in [0.05, 0.1) is 24.7 Å². The van der Waals surface area contributed by atoms with Crippen molar-refractivity contribution in [3.05, 3.63) is 55.4 Å². The molecule has 4 N–H and O–H groups in total. The SMILES string of the molecule is CC(=O)OOC(C)=O.CC(C)(C)OC(=O)N1CCC(C=O)CC1.CC(C)(C)OC(=O)N1CCC(CN2CC(n3cccn3)C2)CC1.CC(C)O.CC(C)O.CC(C)O.CC(C)O.CCOC(=O)N1CCC(CN2CC(n3cccn3)C2)CC1.Cl.[B-]OC(C)=O.[Na+].[Ti].c1cnn(C2CCC2)c1. The summed E-state index contributed by atoms with van der Waals surface area (Å²) in [5, 5.41) is 45.0. The van der Waals surface area contributed by atoms with Crippen LogP contribution in [0.15, 0.2) is 55.4 Å². The molecule has 8 heterocycles. The molecule has 1 saturated carbocycles. The first kappa shape index (κ1) is 102. The van der Waals surface area contributed by atoms with Crippen LogP contribution < -0.4 is 29.6 Å². The number of aldehydes is 1. The fourth-order valence-electron chi connectivity index (χ4n) is 9.39. The Morgan fingerprint density at radius 3 is 1.01 bits per heavy atom. The summed E-state index contributed by atoms with van der Waals surface area (Å²) in [7, 11) is 4.32. The third-order valence-electron chi connectivity index (χ3n) is 13.9. The van der Waals surface area contributed by atoms with Gasteiger partial charge in [0, 0.05) is 189 Å². The van der Waals surface area contributed by atoms with E-state index in [1.54, 1.807) is 60.3 Å². The predicted molar refractivity (Wildman–Crippen MR) is 377 cm³/mol. The van der Waals surface area contributed by atoms with Gasteiger partial charge in [0.15, 0.2) is 0 Å². The molecule has 1 aliphatic carbocycles. The summed E-state index contributed by atoms with van der Waals surface area (Å²) in [6, 6.07) is 7.74. The van der Waals surface area contributed by atoms with Gasteiger partial charge in [-0.1, -0.05) is 0 Å². The summed E-state index contributed by atoms with van der Waals surface area (Å²) < 4.78 is 25.5. The molecule has 5 saturated heterocycles. The van der Waals surface area contributed by atoms with Crippen molar-refractivity contribution in [1.82, 2.24) is 53.8 Å². The number of piperidine rings is 3. The van der Waals surface area contributed by atoms with Crippen LogP contribution >= 0.6 is 12.4 Å². The Hall–Kier alpha value is -4.65. The van der Waals surface area contributed by atoms with E-state index >= 15 is 0 Å². The van der Waals surface area contributed by atoms with E-state index in [0.29, 0.717) is 43.6 Å². The van der Waals surface area contributed by atoms with Gasteiger partial charge < -0.3 is 66.8 Å². The molecule has 0 atom stereocenters. The topological polar surface area (TPSA) is 325 Å². The summed E-state index contributed by atoms with van der Waals surface area (Å²) in [6.07, 6.45) is 21.2. The summed E-state index contributed by atoms with van der Waals surface area (Å²) in [5.74, 6) is -0.240. The third kappa shape index (κ3) is 53.2. The van der Waals surface area contributed by atoms with Crippen molar-refractivity contribution < 1.29 is 134 Å². The van der Waals surface area contributed by atoms with Crippen LogP contribution in [0.3, 0.4) is 0 Å².